The summed E-state index contributed by atoms with van der Waals surface area (Å²) in [7, 11) is 0. The Morgan fingerprint density at radius 1 is 1.13 bits per heavy atom. The molecule has 0 aliphatic rings. The lowest BCUT2D eigenvalue weighted by Crippen LogP contribution is -2.20. The number of carbonyl (C=O) groups excluding carboxylic acids is 1. The summed E-state index contributed by atoms with van der Waals surface area (Å²) in [6, 6.07) is 17.5. The maximum absolute atomic E-state index is 12.2. The average Bonchev–Trinajstić information content (AvgIpc) is 3.16. The third kappa shape index (κ3) is 4.59. The van der Waals surface area contributed by atoms with Crippen molar-refractivity contribution in [3.8, 4) is 17.2 Å². The smallest absolute Gasteiger partial charge is 0.339 e. The first kappa shape index (κ1) is 20.6. The summed E-state index contributed by atoms with van der Waals surface area (Å²) in [5.74, 6) is -0.429. The summed E-state index contributed by atoms with van der Waals surface area (Å²) in [6.45, 7) is 1.81. The molecule has 31 heavy (non-hydrogen) atoms. The van der Waals surface area contributed by atoms with Gasteiger partial charge in [-0.3, -0.25) is 4.79 Å². The SMILES string of the molecule is Cc1ccccc1OCC(=O)Nc1ccc(-c2nc3cc(Br)cc(C(=O)O)c3o2)cc1. The number of ether oxygens (including phenoxy) is 1. The molecule has 0 fully saturated rings. The fraction of sp³-hybridized carbons (Fsp3) is 0.0870. The monoisotopic (exact) mass is 480 g/mol. The van der Waals surface area contributed by atoms with Crippen LogP contribution in [0.1, 0.15) is 15.9 Å². The largest absolute Gasteiger partial charge is 0.483 e. The molecule has 3 aromatic carbocycles. The van der Waals surface area contributed by atoms with Gasteiger partial charge in [0.05, 0.1) is 0 Å². The number of nitrogens with zero attached hydrogens (tertiary/aromatic N) is 1. The Labute approximate surface area is 185 Å². The van der Waals surface area contributed by atoms with E-state index in [2.05, 4.69) is 26.2 Å². The van der Waals surface area contributed by atoms with Crippen molar-refractivity contribution in [2.24, 2.45) is 0 Å². The van der Waals surface area contributed by atoms with E-state index in [9.17, 15) is 14.7 Å². The molecule has 156 valence electrons. The van der Waals surface area contributed by atoms with Crippen molar-refractivity contribution in [2.75, 3.05) is 11.9 Å². The van der Waals surface area contributed by atoms with Crippen molar-refractivity contribution in [3.05, 3.63) is 76.3 Å². The quantitative estimate of drug-likeness (QED) is 0.389. The van der Waals surface area contributed by atoms with E-state index in [0.717, 1.165) is 5.56 Å². The minimum Gasteiger partial charge on any atom is -0.483 e. The lowest BCUT2D eigenvalue weighted by Gasteiger charge is -2.09. The van der Waals surface area contributed by atoms with Crippen LogP contribution in [-0.4, -0.2) is 28.6 Å². The van der Waals surface area contributed by atoms with Gasteiger partial charge in [-0.25, -0.2) is 9.78 Å². The van der Waals surface area contributed by atoms with Crippen LogP contribution in [0.2, 0.25) is 0 Å². The molecule has 0 unspecified atom stereocenters. The normalized spacial score (nSPS) is 10.8. The number of oxazole rings is 1. The van der Waals surface area contributed by atoms with Gasteiger partial charge in [-0.15, -0.1) is 0 Å². The maximum atomic E-state index is 12.2. The van der Waals surface area contributed by atoms with E-state index in [4.69, 9.17) is 9.15 Å². The fourth-order valence-corrected chi connectivity index (χ4v) is 3.48. The molecule has 0 bridgehead atoms. The molecule has 0 spiro atoms. The van der Waals surface area contributed by atoms with Gasteiger partial charge in [0.1, 0.15) is 16.8 Å². The third-order valence-electron chi connectivity index (χ3n) is 4.55. The first-order chi connectivity index (χ1) is 14.9. The summed E-state index contributed by atoms with van der Waals surface area (Å²) >= 11 is 3.29. The number of aryl methyl sites for hydroxylation is 1. The van der Waals surface area contributed by atoms with E-state index in [0.29, 0.717) is 27.0 Å². The van der Waals surface area contributed by atoms with Crippen molar-refractivity contribution in [2.45, 2.75) is 6.92 Å². The van der Waals surface area contributed by atoms with Crippen LogP contribution in [0, 0.1) is 6.92 Å². The number of hydrogen-bond donors (Lipinski definition) is 2. The predicted molar refractivity (Wildman–Crippen MR) is 119 cm³/mol. The van der Waals surface area contributed by atoms with Crippen LogP contribution in [-0.2, 0) is 4.79 Å². The number of aromatic nitrogens is 1. The van der Waals surface area contributed by atoms with E-state index < -0.39 is 5.97 Å². The van der Waals surface area contributed by atoms with Crippen molar-refractivity contribution >= 4 is 44.6 Å². The van der Waals surface area contributed by atoms with Gasteiger partial charge < -0.3 is 19.6 Å². The van der Waals surface area contributed by atoms with Crippen LogP contribution >= 0.6 is 15.9 Å². The predicted octanol–water partition coefficient (Wildman–Crippen LogP) is 5.28. The molecule has 1 heterocycles. The van der Waals surface area contributed by atoms with Crippen molar-refractivity contribution < 1.29 is 23.8 Å². The number of halogens is 1. The molecule has 8 heteroatoms. The number of carboxylic acids is 1. The lowest BCUT2D eigenvalue weighted by molar-refractivity contribution is -0.118. The Kier molecular flexibility index (Phi) is 5.73. The number of nitrogens with one attached hydrogen (secondary N) is 1. The molecule has 0 atom stereocenters. The third-order valence-corrected chi connectivity index (χ3v) is 5.01. The molecule has 0 radical (unpaired) electrons. The van der Waals surface area contributed by atoms with Gasteiger partial charge in [-0.05, 0) is 55.0 Å². The van der Waals surface area contributed by atoms with Crippen LogP contribution in [0.25, 0.3) is 22.6 Å². The topological polar surface area (TPSA) is 102 Å². The molecule has 2 N–H and O–H groups in total. The fourth-order valence-electron chi connectivity index (χ4n) is 3.04. The zero-order valence-electron chi connectivity index (χ0n) is 16.4. The Hall–Kier alpha value is -3.65. The highest BCUT2D eigenvalue weighted by Gasteiger charge is 2.17. The van der Waals surface area contributed by atoms with E-state index in [1.165, 1.54) is 6.07 Å². The first-order valence-electron chi connectivity index (χ1n) is 9.33. The van der Waals surface area contributed by atoms with Crippen LogP contribution < -0.4 is 10.1 Å². The number of carboxylic acid groups (broad SMARTS) is 1. The molecule has 0 saturated carbocycles. The number of rotatable bonds is 6. The van der Waals surface area contributed by atoms with E-state index >= 15 is 0 Å². The number of fused-ring (bicyclic) bond motifs is 1. The van der Waals surface area contributed by atoms with E-state index in [-0.39, 0.29) is 29.6 Å². The second-order valence-corrected chi connectivity index (χ2v) is 7.72. The summed E-state index contributed by atoms with van der Waals surface area (Å²) < 4.78 is 11.9. The van der Waals surface area contributed by atoms with Crippen molar-refractivity contribution in [1.82, 2.24) is 4.98 Å². The number of benzene rings is 3. The van der Waals surface area contributed by atoms with Gasteiger partial charge >= 0.3 is 5.97 Å². The summed E-state index contributed by atoms with van der Waals surface area (Å²) in [6.07, 6.45) is 0. The molecule has 4 aromatic rings. The van der Waals surface area contributed by atoms with Gasteiger partial charge in [-0.2, -0.15) is 0 Å². The number of hydrogen-bond acceptors (Lipinski definition) is 5. The second-order valence-electron chi connectivity index (χ2n) is 6.81. The van der Waals surface area contributed by atoms with Crippen molar-refractivity contribution in [3.63, 3.8) is 0 Å². The molecule has 4 rings (SSSR count). The minimum atomic E-state index is -1.10. The summed E-state index contributed by atoms with van der Waals surface area (Å²) in [4.78, 5) is 28.0. The summed E-state index contributed by atoms with van der Waals surface area (Å²) in [5, 5.41) is 12.1. The summed E-state index contributed by atoms with van der Waals surface area (Å²) in [5.41, 5.74) is 2.87. The number of anilines is 1. The van der Waals surface area contributed by atoms with Gasteiger partial charge in [0.2, 0.25) is 5.89 Å². The molecule has 0 saturated heterocycles. The van der Waals surface area contributed by atoms with Crippen LogP contribution in [0.3, 0.4) is 0 Å². The molecule has 1 aromatic heterocycles. The Morgan fingerprint density at radius 2 is 1.87 bits per heavy atom. The molecule has 1 amide bonds. The zero-order valence-corrected chi connectivity index (χ0v) is 18.0. The van der Waals surface area contributed by atoms with Crippen LogP contribution in [0.5, 0.6) is 5.75 Å². The van der Waals surface area contributed by atoms with Gasteiger partial charge in [0.15, 0.2) is 12.2 Å². The van der Waals surface area contributed by atoms with Gasteiger partial charge in [-0.1, -0.05) is 34.1 Å². The maximum Gasteiger partial charge on any atom is 0.339 e. The van der Waals surface area contributed by atoms with Crippen LogP contribution in [0.4, 0.5) is 5.69 Å². The minimum absolute atomic E-state index is 0.0284. The van der Waals surface area contributed by atoms with Crippen molar-refractivity contribution in [1.29, 1.82) is 0 Å². The van der Waals surface area contributed by atoms with E-state index in [1.54, 1.807) is 30.3 Å². The number of amides is 1. The number of para-hydroxylation sites is 1. The Morgan fingerprint density at radius 3 is 2.58 bits per heavy atom. The Balaban J connectivity index is 1.47. The lowest BCUT2D eigenvalue weighted by atomic mass is 10.2. The molecule has 0 aliphatic carbocycles. The highest BCUT2D eigenvalue weighted by Crippen LogP contribution is 2.30. The number of aromatic carboxylic acids is 1. The zero-order chi connectivity index (χ0) is 22.0. The van der Waals surface area contributed by atoms with Gasteiger partial charge in [0, 0.05) is 15.7 Å². The van der Waals surface area contributed by atoms with E-state index in [1.807, 2.05) is 31.2 Å². The second kappa shape index (κ2) is 8.61. The highest BCUT2D eigenvalue weighted by atomic mass is 79.9. The van der Waals surface area contributed by atoms with Gasteiger partial charge in [0.25, 0.3) is 5.91 Å². The van der Waals surface area contributed by atoms with Crippen LogP contribution in [0.15, 0.2) is 69.6 Å². The molecular formula is C23H17BrN2O5. The average molecular weight is 481 g/mol. The molecule has 0 aliphatic heterocycles. The standard InChI is InChI=1S/C23H17BrN2O5/c1-13-4-2-3-5-19(13)30-12-20(27)25-16-8-6-14(7-9-16)22-26-18-11-15(24)10-17(23(28)29)21(18)31-22/h2-11H,12H2,1H3,(H,25,27)(H,28,29). The highest BCUT2D eigenvalue weighted by molar-refractivity contribution is 9.10. The molecule has 7 nitrogen and oxygen atoms in total. The first-order valence-corrected chi connectivity index (χ1v) is 10.1. The molecular weight excluding hydrogens is 464 g/mol. The number of carbonyl (C=O) groups is 2. The Bertz CT molecular complexity index is 1280.